The monoisotopic (exact) mass is 269 g/mol. The molecule has 1 aliphatic carbocycles. The fourth-order valence-electron chi connectivity index (χ4n) is 3.18. The SMILES string of the molecule is CCCN1CCN(CC(NC)(C(=O)O)C2CC2)CC1. The van der Waals surface area contributed by atoms with Crippen molar-refractivity contribution in [1.82, 2.24) is 15.1 Å². The van der Waals surface area contributed by atoms with Crippen molar-refractivity contribution in [3.63, 3.8) is 0 Å². The van der Waals surface area contributed by atoms with E-state index in [1.807, 2.05) is 0 Å². The smallest absolute Gasteiger partial charge is 0.325 e. The Labute approximate surface area is 115 Å². The van der Waals surface area contributed by atoms with E-state index in [9.17, 15) is 9.90 Å². The topological polar surface area (TPSA) is 55.8 Å². The first-order valence-corrected chi connectivity index (χ1v) is 7.49. The number of rotatable bonds is 7. The molecule has 2 N–H and O–H groups in total. The highest BCUT2D eigenvalue weighted by atomic mass is 16.4. The van der Waals surface area contributed by atoms with Crippen LogP contribution in [0.5, 0.6) is 0 Å². The number of nitrogens with zero attached hydrogens (tertiary/aromatic N) is 2. The van der Waals surface area contributed by atoms with Gasteiger partial charge >= 0.3 is 5.97 Å². The van der Waals surface area contributed by atoms with E-state index in [-0.39, 0.29) is 0 Å². The summed E-state index contributed by atoms with van der Waals surface area (Å²) >= 11 is 0. The lowest BCUT2D eigenvalue weighted by Gasteiger charge is -2.40. The lowest BCUT2D eigenvalue weighted by molar-refractivity contribution is -0.147. The Hall–Kier alpha value is -0.650. The molecule has 19 heavy (non-hydrogen) atoms. The Morgan fingerprint density at radius 1 is 1.26 bits per heavy atom. The minimum absolute atomic E-state index is 0.309. The molecular weight excluding hydrogens is 242 g/mol. The van der Waals surface area contributed by atoms with Crippen molar-refractivity contribution in [2.24, 2.45) is 5.92 Å². The fraction of sp³-hybridized carbons (Fsp3) is 0.929. The van der Waals surface area contributed by atoms with Gasteiger partial charge in [-0.3, -0.25) is 9.69 Å². The molecule has 1 aliphatic heterocycles. The second kappa shape index (κ2) is 6.20. The highest BCUT2D eigenvalue weighted by molar-refractivity contribution is 5.80. The maximum atomic E-state index is 11.7. The molecule has 2 rings (SSSR count). The lowest BCUT2D eigenvalue weighted by atomic mass is 9.92. The zero-order chi connectivity index (χ0) is 13.9. The van der Waals surface area contributed by atoms with E-state index in [2.05, 4.69) is 22.0 Å². The van der Waals surface area contributed by atoms with E-state index in [0.717, 1.165) is 45.6 Å². The van der Waals surface area contributed by atoms with Crippen LogP contribution in [-0.2, 0) is 4.79 Å². The third-order valence-electron chi connectivity index (χ3n) is 4.58. The summed E-state index contributed by atoms with van der Waals surface area (Å²) in [5, 5.41) is 12.7. The van der Waals surface area contributed by atoms with Crippen molar-refractivity contribution in [2.75, 3.05) is 46.3 Å². The molecule has 0 spiro atoms. The molecule has 1 saturated carbocycles. The number of hydrogen-bond donors (Lipinski definition) is 2. The third-order valence-corrected chi connectivity index (χ3v) is 4.58. The summed E-state index contributed by atoms with van der Waals surface area (Å²) in [5.41, 5.74) is -0.729. The Morgan fingerprint density at radius 3 is 2.26 bits per heavy atom. The Morgan fingerprint density at radius 2 is 1.84 bits per heavy atom. The quantitative estimate of drug-likeness (QED) is 0.703. The summed E-state index contributed by atoms with van der Waals surface area (Å²) in [4.78, 5) is 16.5. The zero-order valence-electron chi connectivity index (χ0n) is 12.2. The largest absolute Gasteiger partial charge is 0.480 e. The van der Waals surface area contributed by atoms with E-state index in [1.165, 1.54) is 6.42 Å². The average Bonchev–Trinajstić information content (AvgIpc) is 3.22. The van der Waals surface area contributed by atoms with E-state index in [0.29, 0.717) is 12.5 Å². The van der Waals surface area contributed by atoms with Gasteiger partial charge in [0.05, 0.1) is 0 Å². The standard InChI is InChI=1S/C14H27N3O2/c1-3-6-16-7-9-17(10-8-16)11-14(15-2,13(18)19)12-4-5-12/h12,15H,3-11H2,1-2H3,(H,18,19). The molecule has 0 amide bonds. The van der Waals surface area contributed by atoms with Gasteiger partial charge in [-0.2, -0.15) is 0 Å². The molecule has 0 aromatic rings. The first-order chi connectivity index (χ1) is 9.12. The maximum absolute atomic E-state index is 11.7. The number of carbonyl (C=O) groups is 1. The first kappa shape index (κ1) is 14.8. The molecule has 0 aromatic carbocycles. The number of piperazine rings is 1. The summed E-state index contributed by atoms with van der Waals surface area (Å²) in [5.74, 6) is -0.378. The van der Waals surface area contributed by atoms with Gasteiger partial charge in [-0.25, -0.2) is 0 Å². The van der Waals surface area contributed by atoms with Gasteiger partial charge in [-0.1, -0.05) is 6.92 Å². The van der Waals surface area contributed by atoms with Crippen molar-refractivity contribution < 1.29 is 9.90 Å². The highest BCUT2D eigenvalue weighted by Gasteiger charge is 2.51. The van der Waals surface area contributed by atoms with Crippen molar-refractivity contribution in [3.8, 4) is 0 Å². The van der Waals surface area contributed by atoms with Gasteiger partial charge in [0, 0.05) is 32.7 Å². The predicted octanol–water partition coefficient (Wildman–Crippen LogP) is 0.467. The number of nitrogens with one attached hydrogen (secondary N) is 1. The zero-order valence-corrected chi connectivity index (χ0v) is 12.2. The van der Waals surface area contributed by atoms with Gasteiger partial charge in [0.1, 0.15) is 5.54 Å². The summed E-state index contributed by atoms with van der Waals surface area (Å²) in [6.45, 7) is 8.12. The molecule has 110 valence electrons. The van der Waals surface area contributed by atoms with Crippen LogP contribution in [0.3, 0.4) is 0 Å². The first-order valence-electron chi connectivity index (χ1n) is 7.49. The molecule has 1 unspecified atom stereocenters. The van der Waals surface area contributed by atoms with E-state index < -0.39 is 11.5 Å². The van der Waals surface area contributed by atoms with Gasteiger partial charge < -0.3 is 15.3 Å². The van der Waals surface area contributed by atoms with Crippen molar-refractivity contribution >= 4 is 5.97 Å². The molecule has 5 heteroatoms. The number of carboxylic acid groups (broad SMARTS) is 1. The molecule has 0 bridgehead atoms. The molecule has 5 nitrogen and oxygen atoms in total. The van der Waals surface area contributed by atoms with Crippen LogP contribution in [-0.4, -0.2) is 72.7 Å². The van der Waals surface area contributed by atoms with Crippen molar-refractivity contribution in [1.29, 1.82) is 0 Å². The maximum Gasteiger partial charge on any atom is 0.325 e. The van der Waals surface area contributed by atoms with Crippen LogP contribution in [0, 0.1) is 5.92 Å². The molecule has 1 saturated heterocycles. The molecular formula is C14H27N3O2. The van der Waals surface area contributed by atoms with Crippen LogP contribution in [0.1, 0.15) is 26.2 Å². The van der Waals surface area contributed by atoms with Crippen LogP contribution in [0.2, 0.25) is 0 Å². The third kappa shape index (κ3) is 3.27. The van der Waals surface area contributed by atoms with E-state index in [1.54, 1.807) is 7.05 Å². The van der Waals surface area contributed by atoms with Crippen molar-refractivity contribution in [3.05, 3.63) is 0 Å². The molecule has 1 atom stereocenters. The summed E-state index contributed by atoms with van der Waals surface area (Å²) in [7, 11) is 1.79. The van der Waals surface area contributed by atoms with Gasteiger partial charge in [0.25, 0.3) is 0 Å². The number of carboxylic acids is 1. The summed E-state index contributed by atoms with van der Waals surface area (Å²) in [6, 6.07) is 0. The molecule has 1 heterocycles. The van der Waals surface area contributed by atoms with Crippen LogP contribution < -0.4 is 5.32 Å². The van der Waals surface area contributed by atoms with Gasteiger partial charge in [-0.15, -0.1) is 0 Å². The summed E-state index contributed by atoms with van der Waals surface area (Å²) in [6.07, 6.45) is 3.28. The second-order valence-electron chi connectivity index (χ2n) is 5.92. The Balaban J connectivity index is 1.90. The van der Waals surface area contributed by atoms with Gasteiger partial charge in [0.15, 0.2) is 0 Å². The normalized spacial score (nSPS) is 25.2. The molecule has 0 radical (unpaired) electrons. The van der Waals surface area contributed by atoms with Crippen LogP contribution in [0.25, 0.3) is 0 Å². The van der Waals surface area contributed by atoms with E-state index in [4.69, 9.17) is 0 Å². The number of aliphatic carboxylic acids is 1. The van der Waals surface area contributed by atoms with Crippen molar-refractivity contribution in [2.45, 2.75) is 31.7 Å². The minimum atomic E-state index is -0.729. The minimum Gasteiger partial charge on any atom is -0.480 e. The average molecular weight is 269 g/mol. The van der Waals surface area contributed by atoms with E-state index >= 15 is 0 Å². The number of likely N-dealkylation sites (N-methyl/N-ethyl adjacent to an activating group) is 1. The van der Waals surface area contributed by atoms with Crippen LogP contribution >= 0.6 is 0 Å². The fourth-order valence-corrected chi connectivity index (χ4v) is 3.18. The Bertz CT molecular complexity index is 312. The predicted molar refractivity (Wildman–Crippen MR) is 75.3 cm³/mol. The summed E-state index contributed by atoms with van der Waals surface area (Å²) < 4.78 is 0. The lowest BCUT2D eigenvalue weighted by Crippen LogP contribution is -2.61. The number of hydrogen-bond acceptors (Lipinski definition) is 4. The second-order valence-corrected chi connectivity index (χ2v) is 5.92. The Kier molecular flexibility index (Phi) is 4.81. The van der Waals surface area contributed by atoms with Crippen LogP contribution in [0.4, 0.5) is 0 Å². The molecule has 0 aromatic heterocycles. The molecule has 2 fully saturated rings. The van der Waals surface area contributed by atoms with Gasteiger partial charge in [-0.05, 0) is 38.8 Å². The molecule has 2 aliphatic rings. The van der Waals surface area contributed by atoms with Crippen LogP contribution in [0.15, 0.2) is 0 Å². The van der Waals surface area contributed by atoms with Gasteiger partial charge in [0.2, 0.25) is 0 Å². The highest BCUT2D eigenvalue weighted by Crippen LogP contribution is 2.40.